The second-order valence-corrected chi connectivity index (χ2v) is 3.73. The van der Waals surface area contributed by atoms with Crippen molar-refractivity contribution in [2.45, 2.75) is 0 Å². The van der Waals surface area contributed by atoms with Crippen LogP contribution < -0.4 is 14.9 Å². The summed E-state index contributed by atoms with van der Waals surface area (Å²) in [4.78, 5) is 0. The summed E-state index contributed by atoms with van der Waals surface area (Å²) < 4.78 is 10.8. The SMILES string of the molecule is COc1ccc2c(c1)OCC1CNN=C21. The number of rotatable bonds is 1. The fraction of sp³-hybridized carbons (Fsp3) is 0.364. The van der Waals surface area contributed by atoms with Gasteiger partial charge in [-0.05, 0) is 12.1 Å². The molecule has 4 nitrogen and oxygen atoms in total. The van der Waals surface area contributed by atoms with E-state index >= 15 is 0 Å². The van der Waals surface area contributed by atoms with E-state index in [0.717, 1.165) is 29.3 Å². The third-order valence-electron chi connectivity index (χ3n) is 2.83. The Morgan fingerprint density at radius 3 is 3.33 bits per heavy atom. The van der Waals surface area contributed by atoms with E-state index in [9.17, 15) is 0 Å². The summed E-state index contributed by atoms with van der Waals surface area (Å²) in [5, 5.41) is 4.30. The van der Waals surface area contributed by atoms with Crippen LogP contribution in [0, 0.1) is 5.92 Å². The topological polar surface area (TPSA) is 42.9 Å². The van der Waals surface area contributed by atoms with Gasteiger partial charge in [0.2, 0.25) is 0 Å². The molecule has 0 fully saturated rings. The first-order valence-corrected chi connectivity index (χ1v) is 5.00. The van der Waals surface area contributed by atoms with Crippen LogP contribution in [-0.2, 0) is 0 Å². The maximum Gasteiger partial charge on any atom is 0.132 e. The fourth-order valence-electron chi connectivity index (χ4n) is 2.00. The van der Waals surface area contributed by atoms with Crippen molar-refractivity contribution in [3.05, 3.63) is 23.8 Å². The molecular formula is C11H12N2O2. The molecule has 1 N–H and O–H groups in total. The van der Waals surface area contributed by atoms with Gasteiger partial charge in [0, 0.05) is 18.2 Å². The lowest BCUT2D eigenvalue weighted by Gasteiger charge is -2.22. The molecule has 0 aromatic heterocycles. The van der Waals surface area contributed by atoms with Gasteiger partial charge in [0.25, 0.3) is 0 Å². The second-order valence-electron chi connectivity index (χ2n) is 3.73. The number of benzene rings is 1. The first-order valence-electron chi connectivity index (χ1n) is 5.00. The number of nitrogens with zero attached hydrogens (tertiary/aromatic N) is 1. The van der Waals surface area contributed by atoms with Crippen LogP contribution in [0.1, 0.15) is 5.56 Å². The molecular weight excluding hydrogens is 192 g/mol. The van der Waals surface area contributed by atoms with Crippen LogP contribution >= 0.6 is 0 Å². The quantitative estimate of drug-likeness (QED) is 0.742. The Morgan fingerprint density at radius 2 is 2.47 bits per heavy atom. The van der Waals surface area contributed by atoms with Gasteiger partial charge in [0.15, 0.2) is 0 Å². The van der Waals surface area contributed by atoms with E-state index in [4.69, 9.17) is 9.47 Å². The zero-order valence-electron chi connectivity index (χ0n) is 8.49. The van der Waals surface area contributed by atoms with Gasteiger partial charge in [-0.25, -0.2) is 0 Å². The van der Waals surface area contributed by atoms with E-state index in [1.807, 2.05) is 18.2 Å². The van der Waals surface area contributed by atoms with E-state index in [2.05, 4.69) is 10.5 Å². The van der Waals surface area contributed by atoms with E-state index in [-0.39, 0.29) is 0 Å². The molecule has 1 aromatic carbocycles. The predicted molar refractivity (Wildman–Crippen MR) is 56.5 cm³/mol. The van der Waals surface area contributed by atoms with Crippen LogP contribution in [0.15, 0.2) is 23.3 Å². The summed E-state index contributed by atoms with van der Waals surface area (Å²) in [6, 6.07) is 5.85. The number of hydrazone groups is 1. The smallest absolute Gasteiger partial charge is 0.132 e. The Kier molecular flexibility index (Phi) is 1.80. The zero-order chi connectivity index (χ0) is 10.3. The molecule has 0 saturated carbocycles. The van der Waals surface area contributed by atoms with Crippen LogP contribution in [0.2, 0.25) is 0 Å². The lowest BCUT2D eigenvalue weighted by molar-refractivity contribution is 0.276. The third-order valence-corrected chi connectivity index (χ3v) is 2.83. The fourth-order valence-corrected chi connectivity index (χ4v) is 2.00. The first-order chi connectivity index (χ1) is 7.38. The lowest BCUT2D eigenvalue weighted by Crippen LogP contribution is -2.28. The molecule has 0 amide bonds. The highest BCUT2D eigenvalue weighted by atomic mass is 16.5. The maximum atomic E-state index is 5.68. The molecule has 0 bridgehead atoms. The highest BCUT2D eigenvalue weighted by molar-refractivity contribution is 6.06. The van der Waals surface area contributed by atoms with Crippen molar-refractivity contribution in [1.82, 2.24) is 5.43 Å². The van der Waals surface area contributed by atoms with Crippen LogP contribution in [0.5, 0.6) is 11.5 Å². The highest BCUT2D eigenvalue weighted by Crippen LogP contribution is 2.32. The maximum absolute atomic E-state index is 5.68. The van der Waals surface area contributed by atoms with Gasteiger partial charge in [-0.3, -0.25) is 0 Å². The van der Waals surface area contributed by atoms with Crippen molar-refractivity contribution < 1.29 is 9.47 Å². The van der Waals surface area contributed by atoms with E-state index in [0.29, 0.717) is 12.5 Å². The molecule has 0 saturated heterocycles. The molecule has 1 aromatic rings. The van der Waals surface area contributed by atoms with Crippen molar-refractivity contribution in [2.24, 2.45) is 11.0 Å². The van der Waals surface area contributed by atoms with Gasteiger partial charge >= 0.3 is 0 Å². The summed E-state index contributed by atoms with van der Waals surface area (Å²) in [6.07, 6.45) is 0. The number of hydrogen-bond acceptors (Lipinski definition) is 4. The molecule has 0 aliphatic carbocycles. The normalized spacial score (nSPS) is 21.9. The standard InChI is InChI=1S/C11H12N2O2/c1-14-8-2-3-9-10(4-8)15-6-7-5-12-13-11(7)9/h2-4,7,12H,5-6H2,1H3. The summed E-state index contributed by atoms with van der Waals surface area (Å²) in [6.45, 7) is 1.58. The van der Waals surface area contributed by atoms with E-state index in [1.165, 1.54) is 0 Å². The Morgan fingerprint density at radius 1 is 1.53 bits per heavy atom. The van der Waals surface area contributed by atoms with Gasteiger partial charge in [-0.15, -0.1) is 0 Å². The molecule has 1 atom stereocenters. The zero-order valence-corrected chi connectivity index (χ0v) is 8.49. The first kappa shape index (κ1) is 8.59. The van der Waals surface area contributed by atoms with Crippen LogP contribution in [-0.4, -0.2) is 26.0 Å². The highest BCUT2D eigenvalue weighted by Gasteiger charge is 2.30. The molecule has 2 heterocycles. The second kappa shape index (κ2) is 3.15. The molecule has 0 spiro atoms. The molecule has 0 radical (unpaired) electrons. The number of nitrogens with one attached hydrogen (secondary N) is 1. The minimum Gasteiger partial charge on any atom is -0.497 e. The Hall–Kier alpha value is -1.71. The molecule has 2 aliphatic heterocycles. The Bertz CT molecular complexity index is 429. The number of fused-ring (bicyclic) bond motifs is 3. The number of methoxy groups -OCH3 is 1. The number of hydrogen-bond donors (Lipinski definition) is 1. The summed E-state index contributed by atoms with van der Waals surface area (Å²) in [7, 11) is 1.65. The summed E-state index contributed by atoms with van der Waals surface area (Å²) >= 11 is 0. The van der Waals surface area contributed by atoms with Gasteiger partial charge in [-0.2, -0.15) is 5.10 Å². The minimum absolute atomic E-state index is 0.394. The molecule has 15 heavy (non-hydrogen) atoms. The van der Waals surface area contributed by atoms with E-state index in [1.54, 1.807) is 7.11 Å². The number of ether oxygens (including phenoxy) is 2. The van der Waals surface area contributed by atoms with Crippen molar-refractivity contribution in [1.29, 1.82) is 0 Å². The average molecular weight is 204 g/mol. The van der Waals surface area contributed by atoms with Gasteiger partial charge in [0.05, 0.1) is 25.3 Å². The Balaban J connectivity index is 2.07. The molecule has 78 valence electrons. The lowest BCUT2D eigenvalue weighted by atomic mass is 9.95. The molecule has 3 rings (SSSR count). The van der Waals surface area contributed by atoms with Gasteiger partial charge < -0.3 is 14.9 Å². The van der Waals surface area contributed by atoms with Crippen molar-refractivity contribution in [2.75, 3.05) is 20.3 Å². The minimum atomic E-state index is 0.394. The summed E-state index contributed by atoms with van der Waals surface area (Å²) in [5.41, 5.74) is 5.20. The average Bonchev–Trinajstić information content (AvgIpc) is 2.76. The largest absolute Gasteiger partial charge is 0.497 e. The van der Waals surface area contributed by atoms with Crippen molar-refractivity contribution >= 4 is 5.71 Å². The predicted octanol–water partition coefficient (Wildman–Crippen LogP) is 1.01. The van der Waals surface area contributed by atoms with Gasteiger partial charge in [-0.1, -0.05) is 0 Å². The van der Waals surface area contributed by atoms with Crippen LogP contribution in [0.3, 0.4) is 0 Å². The summed E-state index contributed by atoms with van der Waals surface area (Å²) in [5.74, 6) is 2.08. The van der Waals surface area contributed by atoms with Gasteiger partial charge in [0.1, 0.15) is 11.5 Å². The third kappa shape index (κ3) is 1.25. The molecule has 4 heteroatoms. The Labute approximate surface area is 87.9 Å². The van der Waals surface area contributed by atoms with Crippen LogP contribution in [0.25, 0.3) is 0 Å². The monoisotopic (exact) mass is 204 g/mol. The molecule has 2 aliphatic rings. The van der Waals surface area contributed by atoms with Crippen molar-refractivity contribution in [3.63, 3.8) is 0 Å². The van der Waals surface area contributed by atoms with Crippen LogP contribution in [0.4, 0.5) is 0 Å². The van der Waals surface area contributed by atoms with E-state index < -0.39 is 0 Å². The molecule has 1 unspecified atom stereocenters. The van der Waals surface area contributed by atoms with Crippen molar-refractivity contribution in [3.8, 4) is 11.5 Å².